The number of benzene rings is 1. The number of aromatic nitrogens is 3. The number of rotatable bonds is 5. The van der Waals surface area contributed by atoms with E-state index in [0.29, 0.717) is 33.8 Å². The number of carbonyl (C=O) groups excluding carboxylic acids is 1. The van der Waals surface area contributed by atoms with Gasteiger partial charge in [-0.1, -0.05) is 29.3 Å². The van der Waals surface area contributed by atoms with Crippen molar-refractivity contribution in [2.24, 2.45) is 0 Å². The predicted molar refractivity (Wildman–Crippen MR) is 97.2 cm³/mol. The number of nitrogens with zero attached hydrogens (tertiary/aromatic N) is 3. The lowest BCUT2D eigenvalue weighted by Gasteiger charge is -2.08. The highest BCUT2D eigenvalue weighted by Gasteiger charge is 2.08. The maximum atomic E-state index is 12.1. The molecule has 2 aromatic heterocycles. The Balaban J connectivity index is 1.62. The van der Waals surface area contributed by atoms with E-state index in [9.17, 15) is 4.79 Å². The van der Waals surface area contributed by atoms with E-state index in [-0.39, 0.29) is 5.91 Å². The number of hydrogen-bond donors (Lipinski definition) is 2. The van der Waals surface area contributed by atoms with Crippen LogP contribution in [0.15, 0.2) is 55.0 Å². The standard InChI is InChI=1S/C17H13Cl2N5O/c18-12-4-5-15(14(19)7-12)24-17-22-8-11(9-23-17)16(25)21-10-13-3-1-2-6-20-13/h1-9H,10H2,(H,21,25)(H,22,23,24). The number of pyridine rings is 1. The molecular weight excluding hydrogens is 361 g/mol. The molecule has 0 bridgehead atoms. The summed E-state index contributed by atoms with van der Waals surface area (Å²) >= 11 is 11.9. The maximum absolute atomic E-state index is 12.1. The van der Waals surface area contributed by atoms with E-state index in [1.165, 1.54) is 12.4 Å². The van der Waals surface area contributed by atoms with Crippen LogP contribution in [0.25, 0.3) is 0 Å². The fourth-order valence-electron chi connectivity index (χ4n) is 2.00. The van der Waals surface area contributed by atoms with Gasteiger partial charge >= 0.3 is 0 Å². The van der Waals surface area contributed by atoms with Crippen LogP contribution < -0.4 is 10.6 Å². The molecule has 0 fully saturated rings. The van der Waals surface area contributed by atoms with Crippen LogP contribution in [0.2, 0.25) is 10.0 Å². The Morgan fingerprint density at radius 3 is 2.52 bits per heavy atom. The molecule has 2 N–H and O–H groups in total. The van der Waals surface area contributed by atoms with E-state index in [2.05, 4.69) is 25.6 Å². The molecule has 0 unspecified atom stereocenters. The van der Waals surface area contributed by atoms with Gasteiger partial charge in [-0.15, -0.1) is 0 Å². The van der Waals surface area contributed by atoms with Crippen LogP contribution in [0.1, 0.15) is 16.1 Å². The lowest BCUT2D eigenvalue weighted by Crippen LogP contribution is -2.23. The van der Waals surface area contributed by atoms with Gasteiger partial charge in [-0.25, -0.2) is 9.97 Å². The lowest BCUT2D eigenvalue weighted by atomic mass is 10.3. The van der Waals surface area contributed by atoms with Crippen molar-refractivity contribution >= 4 is 40.7 Å². The van der Waals surface area contributed by atoms with E-state index < -0.39 is 0 Å². The highest BCUT2D eigenvalue weighted by molar-refractivity contribution is 6.36. The highest BCUT2D eigenvalue weighted by Crippen LogP contribution is 2.27. The molecule has 0 saturated heterocycles. The molecule has 25 heavy (non-hydrogen) atoms. The summed E-state index contributed by atoms with van der Waals surface area (Å²) in [7, 11) is 0. The molecule has 0 aliphatic heterocycles. The molecular formula is C17H13Cl2N5O. The summed E-state index contributed by atoms with van der Waals surface area (Å²) in [6.45, 7) is 0.333. The molecule has 3 aromatic rings. The molecule has 0 spiro atoms. The number of carbonyl (C=O) groups is 1. The van der Waals surface area contributed by atoms with Crippen LogP contribution in [0, 0.1) is 0 Å². The first-order valence-electron chi connectivity index (χ1n) is 7.34. The van der Waals surface area contributed by atoms with Crippen LogP contribution >= 0.6 is 23.2 Å². The zero-order valence-corrected chi connectivity index (χ0v) is 14.4. The highest BCUT2D eigenvalue weighted by atomic mass is 35.5. The molecule has 0 aliphatic rings. The summed E-state index contributed by atoms with van der Waals surface area (Å²) in [5.74, 6) is 0.0484. The van der Waals surface area contributed by atoms with E-state index in [0.717, 1.165) is 5.69 Å². The number of nitrogens with one attached hydrogen (secondary N) is 2. The summed E-state index contributed by atoms with van der Waals surface area (Å²) in [6.07, 6.45) is 4.55. The zero-order chi connectivity index (χ0) is 17.6. The third-order valence-corrected chi connectivity index (χ3v) is 3.80. The average Bonchev–Trinajstić information content (AvgIpc) is 2.63. The Morgan fingerprint density at radius 1 is 1.04 bits per heavy atom. The number of halogens is 2. The summed E-state index contributed by atoms with van der Waals surface area (Å²) in [4.78, 5) is 24.5. The Bertz CT molecular complexity index is 872. The number of anilines is 2. The van der Waals surface area contributed by atoms with Gasteiger partial charge in [-0.2, -0.15) is 0 Å². The Kier molecular flexibility index (Phi) is 5.42. The van der Waals surface area contributed by atoms with E-state index in [4.69, 9.17) is 23.2 Å². The third-order valence-electron chi connectivity index (χ3n) is 3.25. The smallest absolute Gasteiger partial charge is 0.254 e. The van der Waals surface area contributed by atoms with Gasteiger partial charge in [0, 0.05) is 23.6 Å². The monoisotopic (exact) mass is 373 g/mol. The van der Waals surface area contributed by atoms with Crippen LogP contribution in [0.4, 0.5) is 11.6 Å². The molecule has 0 radical (unpaired) electrons. The van der Waals surface area contributed by atoms with Crippen LogP contribution in [-0.4, -0.2) is 20.9 Å². The van der Waals surface area contributed by atoms with Gasteiger partial charge in [0.1, 0.15) is 0 Å². The zero-order valence-electron chi connectivity index (χ0n) is 12.9. The van der Waals surface area contributed by atoms with Crippen molar-refractivity contribution in [2.75, 3.05) is 5.32 Å². The minimum absolute atomic E-state index is 0.276. The minimum Gasteiger partial charge on any atom is -0.346 e. The van der Waals surface area contributed by atoms with Crippen LogP contribution in [-0.2, 0) is 6.54 Å². The molecule has 0 saturated carbocycles. The summed E-state index contributed by atoms with van der Waals surface area (Å²) in [6, 6.07) is 10.6. The van der Waals surface area contributed by atoms with Gasteiger partial charge in [0.2, 0.25) is 5.95 Å². The fraction of sp³-hybridized carbons (Fsp3) is 0.0588. The van der Waals surface area contributed by atoms with Gasteiger partial charge in [0.25, 0.3) is 5.91 Å². The maximum Gasteiger partial charge on any atom is 0.254 e. The van der Waals surface area contributed by atoms with Crippen molar-refractivity contribution in [1.29, 1.82) is 0 Å². The second-order valence-corrected chi connectivity index (χ2v) is 5.89. The van der Waals surface area contributed by atoms with Gasteiger partial charge in [-0.3, -0.25) is 9.78 Å². The van der Waals surface area contributed by atoms with Gasteiger partial charge in [0.05, 0.1) is 28.5 Å². The summed E-state index contributed by atoms with van der Waals surface area (Å²) < 4.78 is 0. The first kappa shape index (κ1) is 17.1. The Labute approximate surface area is 154 Å². The van der Waals surface area contributed by atoms with E-state index >= 15 is 0 Å². The summed E-state index contributed by atoms with van der Waals surface area (Å²) in [5.41, 5.74) is 1.74. The predicted octanol–water partition coefficient (Wildman–Crippen LogP) is 3.85. The van der Waals surface area contributed by atoms with Crippen molar-refractivity contribution in [3.8, 4) is 0 Å². The van der Waals surface area contributed by atoms with E-state index in [1.54, 1.807) is 24.4 Å². The largest absolute Gasteiger partial charge is 0.346 e. The Hall–Kier alpha value is -2.70. The molecule has 6 nitrogen and oxygen atoms in total. The number of hydrogen-bond acceptors (Lipinski definition) is 5. The lowest BCUT2D eigenvalue weighted by molar-refractivity contribution is 0.0949. The van der Waals surface area contributed by atoms with Crippen LogP contribution in [0.5, 0.6) is 0 Å². The quantitative estimate of drug-likeness (QED) is 0.709. The first-order valence-corrected chi connectivity index (χ1v) is 8.09. The molecule has 2 heterocycles. The first-order chi connectivity index (χ1) is 12.1. The number of amides is 1. The van der Waals surface area contributed by atoms with Crippen molar-refractivity contribution in [1.82, 2.24) is 20.3 Å². The third kappa shape index (κ3) is 4.65. The van der Waals surface area contributed by atoms with Gasteiger partial charge in [-0.05, 0) is 30.3 Å². The van der Waals surface area contributed by atoms with E-state index in [1.807, 2.05) is 18.2 Å². The normalized spacial score (nSPS) is 10.3. The van der Waals surface area contributed by atoms with Gasteiger partial charge in [0.15, 0.2) is 0 Å². The topological polar surface area (TPSA) is 79.8 Å². The second-order valence-electron chi connectivity index (χ2n) is 5.05. The summed E-state index contributed by atoms with van der Waals surface area (Å²) in [5, 5.41) is 6.72. The average molecular weight is 374 g/mol. The van der Waals surface area contributed by atoms with Crippen molar-refractivity contribution in [3.63, 3.8) is 0 Å². The molecule has 126 valence electrons. The molecule has 1 amide bonds. The van der Waals surface area contributed by atoms with Gasteiger partial charge < -0.3 is 10.6 Å². The van der Waals surface area contributed by atoms with Crippen molar-refractivity contribution in [3.05, 3.63) is 76.3 Å². The Morgan fingerprint density at radius 2 is 1.84 bits per heavy atom. The molecule has 3 rings (SSSR count). The fourth-order valence-corrected chi connectivity index (χ4v) is 2.45. The van der Waals surface area contributed by atoms with Crippen LogP contribution in [0.3, 0.4) is 0 Å². The molecule has 8 heteroatoms. The van der Waals surface area contributed by atoms with Crippen molar-refractivity contribution < 1.29 is 4.79 Å². The SMILES string of the molecule is O=C(NCc1ccccn1)c1cnc(Nc2ccc(Cl)cc2Cl)nc1. The second kappa shape index (κ2) is 7.92. The van der Waals surface area contributed by atoms with Crippen molar-refractivity contribution in [2.45, 2.75) is 6.54 Å². The molecule has 0 atom stereocenters. The minimum atomic E-state index is -0.276. The molecule has 1 aromatic carbocycles. The molecule has 0 aliphatic carbocycles.